The quantitative estimate of drug-likeness (QED) is 0.802. The first-order valence-electron chi connectivity index (χ1n) is 9.35. The largest absolute Gasteiger partial charge is 0.441 e. The summed E-state index contributed by atoms with van der Waals surface area (Å²) in [7, 11) is 0. The van der Waals surface area contributed by atoms with Crippen LogP contribution in [0.15, 0.2) is 34.7 Å². The molecule has 1 fully saturated rings. The van der Waals surface area contributed by atoms with E-state index >= 15 is 0 Å². The summed E-state index contributed by atoms with van der Waals surface area (Å²) in [5.74, 6) is 0.946. The Morgan fingerprint density at radius 2 is 2.11 bits per heavy atom. The summed E-state index contributed by atoms with van der Waals surface area (Å²) < 4.78 is 5.73. The molecule has 1 atom stereocenters. The van der Waals surface area contributed by atoms with Gasteiger partial charge in [0, 0.05) is 31.7 Å². The Labute approximate surface area is 158 Å². The molecule has 2 amide bonds. The third-order valence-corrected chi connectivity index (χ3v) is 4.82. The lowest BCUT2D eigenvalue weighted by atomic mass is 9.96. The minimum Gasteiger partial charge on any atom is -0.441 e. The van der Waals surface area contributed by atoms with E-state index in [0.717, 1.165) is 18.4 Å². The van der Waals surface area contributed by atoms with Gasteiger partial charge in [0.1, 0.15) is 5.76 Å². The third kappa shape index (κ3) is 4.74. The average molecular weight is 370 g/mol. The molecule has 2 aromatic rings. The van der Waals surface area contributed by atoms with Crippen LogP contribution in [0.5, 0.6) is 0 Å². The van der Waals surface area contributed by atoms with Crippen LogP contribution in [-0.4, -0.2) is 47.9 Å². The molecule has 27 heavy (non-hydrogen) atoms. The summed E-state index contributed by atoms with van der Waals surface area (Å²) in [5.41, 5.74) is 6.96. The van der Waals surface area contributed by atoms with Crippen LogP contribution in [0.1, 0.15) is 24.3 Å². The predicted octanol–water partition coefficient (Wildman–Crippen LogP) is 1.51. The minimum atomic E-state index is -0.174. The van der Waals surface area contributed by atoms with Gasteiger partial charge in [0.05, 0.1) is 18.0 Å². The predicted molar refractivity (Wildman–Crippen MR) is 102 cm³/mol. The van der Waals surface area contributed by atoms with E-state index in [9.17, 15) is 9.59 Å². The van der Waals surface area contributed by atoms with Crippen molar-refractivity contribution >= 4 is 11.8 Å². The van der Waals surface area contributed by atoms with Crippen molar-refractivity contribution in [1.82, 2.24) is 15.2 Å². The molecular formula is C20H26N4O3. The lowest BCUT2D eigenvalue weighted by Crippen LogP contribution is -2.46. The summed E-state index contributed by atoms with van der Waals surface area (Å²) >= 11 is 0. The number of aromatic nitrogens is 1. The molecule has 0 radical (unpaired) electrons. The fourth-order valence-corrected chi connectivity index (χ4v) is 3.31. The van der Waals surface area contributed by atoms with Crippen LogP contribution in [0.4, 0.5) is 0 Å². The fraction of sp³-hybridized carbons (Fsp3) is 0.450. The van der Waals surface area contributed by atoms with Gasteiger partial charge in [-0.15, -0.1) is 0 Å². The van der Waals surface area contributed by atoms with Crippen LogP contribution in [0.2, 0.25) is 0 Å². The normalized spacial score (nSPS) is 17.0. The number of rotatable bonds is 6. The van der Waals surface area contributed by atoms with Gasteiger partial charge in [0.15, 0.2) is 0 Å². The van der Waals surface area contributed by atoms with Gasteiger partial charge in [-0.1, -0.05) is 18.2 Å². The maximum Gasteiger partial charge on any atom is 0.228 e. The first-order chi connectivity index (χ1) is 13.1. The SMILES string of the molecule is Cc1oc(-c2ccccc2)nc1CC(=O)N1CCCC(C(=O)NCCN)C1. The number of likely N-dealkylation sites (tertiary alicyclic amines) is 1. The van der Waals surface area contributed by atoms with Crippen LogP contribution >= 0.6 is 0 Å². The highest BCUT2D eigenvalue weighted by Crippen LogP contribution is 2.23. The van der Waals surface area contributed by atoms with Crippen molar-refractivity contribution in [2.24, 2.45) is 11.7 Å². The molecule has 1 unspecified atom stereocenters. The Hall–Kier alpha value is -2.67. The topological polar surface area (TPSA) is 101 Å². The Balaban J connectivity index is 1.63. The first-order valence-corrected chi connectivity index (χ1v) is 9.35. The van der Waals surface area contributed by atoms with Crippen LogP contribution in [0.25, 0.3) is 11.5 Å². The first kappa shape index (κ1) is 19.1. The maximum atomic E-state index is 12.7. The van der Waals surface area contributed by atoms with E-state index < -0.39 is 0 Å². The molecule has 3 N–H and O–H groups in total. The molecule has 1 saturated heterocycles. The summed E-state index contributed by atoms with van der Waals surface area (Å²) in [4.78, 5) is 31.2. The van der Waals surface area contributed by atoms with Gasteiger partial charge in [-0.2, -0.15) is 0 Å². The number of hydrogen-bond acceptors (Lipinski definition) is 5. The number of carbonyl (C=O) groups excluding carboxylic acids is 2. The molecule has 7 heteroatoms. The molecule has 1 aromatic heterocycles. The standard InChI is InChI=1S/C20H26N4O3/c1-14-17(23-20(27-14)15-6-3-2-4-7-15)12-18(25)24-11-5-8-16(13-24)19(26)22-10-9-21/h2-4,6-7,16H,5,8-13,21H2,1H3,(H,22,26). The molecule has 0 aliphatic carbocycles. The van der Waals surface area contributed by atoms with Crippen molar-refractivity contribution < 1.29 is 14.0 Å². The summed E-state index contributed by atoms with van der Waals surface area (Å²) in [6, 6.07) is 9.62. The van der Waals surface area contributed by atoms with E-state index in [-0.39, 0.29) is 24.2 Å². The van der Waals surface area contributed by atoms with Crippen molar-refractivity contribution in [3.8, 4) is 11.5 Å². The molecule has 1 aliphatic rings. The maximum absolute atomic E-state index is 12.7. The lowest BCUT2D eigenvalue weighted by Gasteiger charge is -2.32. The highest BCUT2D eigenvalue weighted by molar-refractivity contribution is 5.82. The van der Waals surface area contributed by atoms with E-state index in [1.54, 1.807) is 4.90 Å². The van der Waals surface area contributed by atoms with Crippen molar-refractivity contribution in [1.29, 1.82) is 0 Å². The number of hydrogen-bond donors (Lipinski definition) is 2. The van der Waals surface area contributed by atoms with Crippen LogP contribution in [0, 0.1) is 12.8 Å². The molecule has 3 rings (SSSR count). The zero-order valence-electron chi connectivity index (χ0n) is 15.6. The Kier molecular flexibility index (Phi) is 6.24. The second-order valence-corrected chi connectivity index (χ2v) is 6.82. The number of nitrogens with zero attached hydrogens (tertiary/aromatic N) is 2. The molecule has 0 saturated carbocycles. The van der Waals surface area contributed by atoms with Gasteiger partial charge in [-0.3, -0.25) is 9.59 Å². The zero-order valence-corrected chi connectivity index (χ0v) is 15.6. The zero-order chi connectivity index (χ0) is 19.2. The number of nitrogens with two attached hydrogens (primary N) is 1. The molecule has 144 valence electrons. The Morgan fingerprint density at radius 1 is 1.33 bits per heavy atom. The van der Waals surface area contributed by atoms with Crippen molar-refractivity contribution in [3.05, 3.63) is 41.8 Å². The number of aryl methyl sites for hydroxylation is 1. The number of oxazole rings is 1. The van der Waals surface area contributed by atoms with Gasteiger partial charge in [-0.05, 0) is 31.9 Å². The molecule has 2 heterocycles. The minimum absolute atomic E-state index is 0.0256. The number of nitrogens with one attached hydrogen (secondary N) is 1. The van der Waals surface area contributed by atoms with Crippen LogP contribution < -0.4 is 11.1 Å². The van der Waals surface area contributed by atoms with Crippen molar-refractivity contribution in [2.45, 2.75) is 26.2 Å². The van der Waals surface area contributed by atoms with Crippen molar-refractivity contribution in [2.75, 3.05) is 26.2 Å². The fourth-order valence-electron chi connectivity index (χ4n) is 3.31. The van der Waals surface area contributed by atoms with Gasteiger partial charge in [0.25, 0.3) is 0 Å². The highest BCUT2D eigenvalue weighted by Gasteiger charge is 2.29. The van der Waals surface area contributed by atoms with Crippen LogP contribution in [-0.2, 0) is 16.0 Å². The van der Waals surface area contributed by atoms with E-state index in [4.69, 9.17) is 10.2 Å². The lowest BCUT2D eigenvalue weighted by molar-refractivity contribution is -0.135. The molecular weight excluding hydrogens is 344 g/mol. The van der Waals surface area contributed by atoms with Gasteiger partial charge < -0.3 is 20.4 Å². The Bertz CT molecular complexity index is 788. The van der Waals surface area contributed by atoms with E-state index in [0.29, 0.717) is 43.5 Å². The number of piperidine rings is 1. The number of carbonyl (C=O) groups is 2. The molecule has 1 aliphatic heterocycles. The molecule has 7 nitrogen and oxygen atoms in total. The summed E-state index contributed by atoms with van der Waals surface area (Å²) in [6.45, 7) is 3.81. The van der Waals surface area contributed by atoms with Gasteiger partial charge >= 0.3 is 0 Å². The smallest absolute Gasteiger partial charge is 0.228 e. The number of benzene rings is 1. The van der Waals surface area contributed by atoms with Crippen molar-refractivity contribution in [3.63, 3.8) is 0 Å². The van der Waals surface area contributed by atoms with E-state index in [1.807, 2.05) is 37.3 Å². The van der Waals surface area contributed by atoms with Crippen LogP contribution in [0.3, 0.4) is 0 Å². The molecule has 0 spiro atoms. The average Bonchev–Trinajstić information content (AvgIpc) is 3.07. The summed E-state index contributed by atoms with van der Waals surface area (Å²) in [5, 5.41) is 2.81. The monoisotopic (exact) mass is 370 g/mol. The third-order valence-electron chi connectivity index (χ3n) is 4.82. The molecule has 1 aromatic carbocycles. The van der Waals surface area contributed by atoms with E-state index in [1.165, 1.54) is 0 Å². The van der Waals surface area contributed by atoms with E-state index in [2.05, 4.69) is 10.3 Å². The van der Waals surface area contributed by atoms with Gasteiger partial charge in [-0.25, -0.2) is 4.98 Å². The van der Waals surface area contributed by atoms with Gasteiger partial charge in [0.2, 0.25) is 17.7 Å². The Morgan fingerprint density at radius 3 is 2.85 bits per heavy atom. The second-order valence-electron chi connectivity index (χ2n) is 6.82. The highest BCUT2D eigenvalue weighted by atomic mass is 16.4. The summed E-state index contributed by atoms with van der Waals surface area (Å²) in [6.07, 6.45) is 1.79. The number of amides is 2. The second kappa shape index (κ2) is 8.81. The molecule has 0 bridgehead atoms.